The van der Waals surface area contributed by atoms with E-state index in [4.69, 9.17) is 9.84 Å². The van der Waals surface area contributed by atoms with E-state index in [1.54, 1.807) is 7.11 Å². The third-order valence-electron chi connectivity index (χ3n) is 6.11. The number of hydrogen-bond acceptors (Lipinski definition) is 3. The molecule has 1 heterocycles. The third kappa shape index (κ3) is 4.37. The number of benzene rings is 1. The highest BCUT2D eigenvalue weighted by Gasteiger charge is 2.59. The zero-order valence-electron chi connectivity index (χ0n) is 15.6. The number of carboxylic acids is 1. The first-order chi connectivity index (χ1) is 12.5. The number of carboxylic acid groups (broad SMARTS) is 1. The predicted molar refractivity (Wildman–Crippen MR) is 99.2 cm³/mol. The molecule has 2 aliphatic rings. The number of rotatable bonds is 8. The van der Waals surface area contributed by atoms with Crippen LogP contribution in [0.25, 0.3) is 0 Å². The lowest BCUT2D eigenvalue weighted by Crippen LogP contribution is -2.39. The van der Waals surface area contributed by atoms with Crippen molar-refractivity contribution in [3.8, 4) is 5.75 Å². The van der Waals surface area contributed by atoms with Crippen LogP contribution >= 0.6 is 0 Å². The van der Waals surface area contributed by atoms with Crippen molar-refractivity contribution in [1.29, 1.82) is 0 Å². The summed E-state index contributed by atoms with van der Waals surface area (Å²) in [6, 6.07) is 8.15. The maximum atomic E-state index is 12.3. The summed E-state index contributed by atoms with van der Waals surface area (Å²) in [4.78, 5) is 25.4. The smallest absolute Gasteiger partial charge is 0.307 e. The molecule has 0 aromatic heterocycles. The molecule has 5 nitrogen and oxygen atoms in total. The van der Waals surface area contributed by atoms with Crippen LogP contribution in [0.4, 0.5) is 0 Å². The lowest BCUT2D eigenvalue weighted by molar-refractivity contribution is -0.139. The molecule has 1 saturated heterocycles. The minimum absolute atomic E-state index is 0.000970. The number of unbranched alkanes of at least 4 members (excludes halogenated alkanes) is 2. The lowest BCUT2D eigenvalue weighted by atomic mass is 9.90. The second-order valence-electron chi connectivity index (χ2n) is 7.75. The summed E-state index contributed by atoms with van der Waals surface area (Å²) in [6.45, 7) is 1.46. The Kier molecular flexibility index (Phi) is 5.84. The van der Waals surface area contributed by atoms with Gasteiger partial charge in [-0.25, -0.2) is 0 Å². The van der Waals surface area contributed by atoms with Crippen molar-refractivity contribution in [2.45, 2.75) is 51.4 Å². The molecule has 1 spiro atoms. The van der Waals surface area contributed by atoms with E-state index in [-0.39, 0.29) is 17.2 Å². The first-order valence-corrected chi connectivity index (χ1v) is 9.68. The van der Waals surface area contributed by atoms with E-state index in [1.165, 1.54) is 5.56 Å². The third-order valence-corrected chi connectivity index (χ3v) is 6.11. The van der Waals surface area contributed by atoms with E-state index < -0.39 is 5.97 Å². The number of nitrogens with zero attached hydrogens (tertiary/aromatic N) is 1. The summed E-state index contributed by atoms with van der Waals surface area (Å²) in [5.41, 5.74) is 1.30. The van der Waals surface area contributed by atoms with Gasteiger partial charge in [0.2, 0.25) is 5.91 Å². The van der Waals surface area contributed by atoms with Crippen LogP contribution < -0.4 is 4.74 Å². The maximum absolute atomic E-state index is 12.3. The number of amides is 1. The zero-order valence-corrected chi connectivity index (χ0v) is 15.6. The van der Waals surface area contributed by atoms with Gasteiger partial charge in [-0.2, -0.15) is 0 Å². The first-order valence-electron chi connectivity index (χ1n) is 9.68. The molecule has 142 valence electrons. The van der Waals surface area contributed by atoms with Crippen molar-refractivity contribution in [1.82, 2.24) is 4.90 Å². The second-order valence-corrected chi connectivity index (χ2v) is 7.75. The number of carbonyl (C=O) groups is 2. The van der Waals surface area contributed by atoms with Crippen molar-refractivity contribution in [2.75, 3.05) is 20.2 Å². The molecule has 5 heteroatoms. The van der Waals surface area contributed by atoms with E-state index in [0.717, 1.165) is 63.8 Å². The summed E-state index contributed by atoms with van der Waals surface area (Å²) in [6.07, 6.45) is 7.21. The van der Waals surface area contributed by atoms with Crippen LogP contribution in [0.3, 0.4) is 0 Å². The average molecular weight is 359 g/mol. The number of methoxy groups -OCH3 is 1. The quantitative estimate of drug-likeness (QED) is 0.721. The van der Waals surface area contributed by atoms with Crippen molar-refractivity contribution in [3.05, 3.63) is 29.8 Å². The van der Waals surface area contributed by atoms with Crippen molar-refractivity contribution < 1.29 is 19.4 Å². The highest BCUT2D eigenvalue weighted by atomic mass is 16.5. The molecule has 2 fully saturated rings. The van der Waals surface area contributed by atoms with Crippen molar-refractivity contribution in [3.63, 3.8) is 0 Å². The maximum Gasteiger partial charge on any atom is 0.307 e. The van der Waals surface area contributed by atoms with Gasteiger partial charge in [0.15, 0.2) is 0 Å². The van der Waals surface area contributed by atoms with E-state index in [9.17, 15) is 9.59 Å². The van der Waals surface area contributed by atoms with Gasteiger partial charge in [-0.3, -0.25) is 9.59 Å². The standard InChI is InChI=1S/C21H29NO4/c1-26-17-9-7-16(8-10-17)5-3-2-4-6-19(23)22-13-11-21(12-14-22)15-18(21)20(24)25/h7-10,18H,2-6,11-15H2,1H3,(H,24,25). The fourth-order valence-corrected chi connectivity index (χ4v) is 4.18. The molecule has 0 radical (unpaired) electrons. The monoisotopic (exact) mass is 359 g/mol. The minimum atomic E-state index is -0.665. The van der Waals surface area contributed by atoms with Crippen LogP contribution in [-0.4, -0.2) is 42.1 Å². The molecule has 0 bridgehead atoms. The average Bonchev–Trinajstić information content (AvgIpc) is 3.36. The minimum Gasteiger partial charge on any atom is -0.497 e. The molecule has 1 unspecified atom stereocenters. The number of piperidine rings is 1. The number of aryl methyl sites for hydroxylation is 1. The Bertz CT molecular complexity index is 632. The number of hydrogen-bond donors (Lipinski definition) is 1. The normalized spacial score (nSPS) is 20.8. The number of ether oxygens (including phenoxy) is 1. The van der Waals surface area contributed by atoms with Gasteiger partial charge < -0.3 is 14.7 Å². The molecule has 1 atom stereocenters. The SMILES string of the molecule is COc1ccc(CCCCCC(=O)N2CCC3(CC2)CC3C(=O)O)cc1. The lowest BCUT2D eigenvalue weighted by Gasteiger charge is -2.32. The first kappa shape index (κ1) is 18.7. The van der Waals surface area contributed by atoms with E-state index >= 15 is 0 Å². The van der Waals surface area contributed by atoms with Gasteiger partial charge in [0.25, 0.3) is 0 Å². The molecule has 1 aromatic rings. The molecule has 1 aromatic carbocycles. The molecule has 1 amide bonds. The summed E-state index contributed by atoms with van der Waals surface area (Å²) < 4.78 is 5.16. The zero-order chi connectivity index (χ0) is 18.6. The fourth-order valence-electron chi connectivity index (χ4n) is 4.18. The van der Waals surface area contributed by atoms with Crippen LogP contribution in [-0.2, 0) is 16.0 Å². The number of carbonyl (C=O) groups excluding carboxylic acids is 1. The van der Waals surface area contributed by atoms with Crippen LogP contribution in [0, 0.1) is 11.3 Å². The molecule has 1 N–H and O–H groups in total. The Balaban J connectivity index is 1.29. The number of aliphatic carboxylic acids is 1. The Morgan fingerprint density at radius 1 is 1.15 bits per heavy atom. The topological polar surface area (TPSA) is 66.8 Å². The molecule has 1 aliphatic carbocycles. The Morgan fingerprint density at radius 3 is 2.42 bits per heavy atom. The molecule has 1 saturated carbocycles. The van der Waals surface area contributed by atoms with Crippen LogP contribution in [0.15, 0.2) is 24.3 Å². The van der Waals surface area contributed by atoms with Gasteiger partial charge in [-0.05, 0) is 61.6 Å². The van der Waals surface area contributed by atoms with Crippen molar-refractivity contribution in [2.24, 2.45) is 11.3 Å². The molecule has 26 heavy (non-hydrogen) atoms. The highest BCUT2D eigenvalue weighted by Crippen LogP contribution is 2.59. The van der Waals surface area contributed by atoms with E-state index in [1.807, 2.05) is 17.0 Å². The summed E-state index contributed by atoms with van der Waals surface area (Å²) in [5.74, 6) is 0.277. The summed E-state index contributed by atoms with van der Waals surface area (Å²) in [5, 5.41) is 9.13. The summed E-state index contributed by atoms with van der Waals surface area (Å²) >= 11 is 0. The second kappa shape index (κ2) is 8.11. The van der Waals surface area contributed by atoms with Crippen LogP contribution in [0.5, 0.6) is 5.75 Å². The molecule has 3 rings (SSSR count). The highest BCUT2D eigenvalue weighted by molar-refractivity contribution is 5.77. The van der Waals surface area contributed by atoms with Crippen molar-refractivity contribution >= 4 is 11.9 Å². The molecule has 1 aliphatic heterocycles. The Morgan fingerprint density at radius 2 is 1.85 bits per heavy atom. The van der Waals surface area contributed by atoms with Gasteiger partial charge in [0, 0.05) is 19.5 Å². The van der Waals surface area contributed by atoms with Gasteiger partial charge in [0.1, 0.15) is 5.75 Å². The predicted octanol–water partition coefficient (Wildman–Crippen LogP) is 3.51. The van der Waals surface area contributed by atoms with Gasteiger partial charge >= 0.3 is 5.97 Å². The van der Waals surface area contributed by atoms with Crippen LogP contribution in [0.2, 0.25) is 0 Å². The van der Waals surface area contributed by atoms with Crippen LogP contribution in [0.1, 0.15) is 50.5 Å². The van der Waals surface area contributed by atoms with E-state index in [2.05, 4.69) is 12.1 Å². The van der Waals surface area contributed by atoms with E-state index in [0.29, 0.717) is 6.42 Å². The Hall–Kier alpha value is -2.04. The largest absolute Gasteiger partial charge is 0.497 e. The molecular weight excluding hydrogens is 330 g/mol. The Labute approximate surface area is 155 Å². The van der Waals surface area contributed by atoms with Gasteiger partial charge in [-0.1, -0.05) is 18.6 Å². The summed E-state index contributed by atoms with van der Waals surface area (Å²) in [7, 11) is 1.67. The fraction of sp³-hybridized carbons (Fsp3) is 0.619. The van der Waals surface area contributed by atoms with Gasteiger partial charge in [-0.15, -0.1) is 0 Å². The number of likely N-dealkylation sites (tertiary alicyclic amines) is 1. The molecular formula is C21H29NO4. The van der Waals surface area contributed by atoms with Gasteiger partial charge in [0.05, 0.1) is 13.0 Å².